The van der Waals surface area contributed by atoms with Crippen molar-refractivity contribution in [3.63, 3.8) is 0 Å². The second-order valence-electron chi connectivity index (χ2n) is 6.82. The van der Waals surface area contributed by atoms with Gasteiger partial charge in [0.15, 0.2) is 0 Å². The molecular formula is C18H21Cl2FN4. The summed E-state index contributed by atoms with van der Waals surface area (Å²) in [7, 11) is 0. The average Bonchev–Trinajstić information content (AvgIpc) is 3.28. The zero-order chi connectivity index (χ0) is 16.6. The smallest absolute Gasteiger partial charge is 0.148 e. The highest BCUT2D eigenvalue weighted by Crippen LogP contribution is 2.58. The first-order valence-electron chi connectivity index (χ1n) is 8.40. The van der Waals surface area contributed by atoms with Crippen molar-refractivity contribution >= 4 is 29.8 Å². The fraction of sp³-hybridized carbons (Fsp3) is 0.444. The minimum absolute atomic E-state index is 0. The van der Waals surface area contributed by atoms with Crippen molar-refractivity contribution in [2.75, 3.05) is 25.0 Å². The van der Waals surface area contributed by atoms with Crippen molar-refractivity contribution < 1.29 is 4.39 Å². The Kier molecular flexibility index (Phi) is 5.46. The Bertz CT molecular complexity index is 732. The molecule has 1 aliphatic heterocycles. The maximum absolute atomic E-state index is 13.4. The molecule has 0 radical (unpaired) electrons. The summed E-state index contributed by atoms with van der Waals surface area (Å²) in [6, 6.07) is 7.95. The quantitative estimate of drug-likeness (QED) is 0.833. The lowest BCUT2D eigenvalue weighted by atomic mass is 9.92. The van der Waals surface area contributed by atoms with E-state index in [9.17, 15) is 4.39 Å². The first kappa shape index (κ1) is 18.4. The number of hydrogen-bond donors (Lipinski definition) is 2. The number of hydrogen-bond acceptors (Lipinski definition) is 4. The van der Waals surface area contributed by atoms with Crippen molar-refractivity contribution in [2.45, 2.75) is 19.3 Å². The maximum Gasteiger partial charge on any atom is 0.148 e. The number of nitrogens with one attached hydrogen (secondary N) is 2. The molecule has 4 rings (SSSR count). The van der Waals surface area contributed by atoms with Crippen LogP contribution in [0, 0.1) is 17.2 Å². The van der Waals surface area contributed by atoms with Gasteiger partial charge in [0.2, 0.25) is 0 Å². The summed E-state index contributed by atoms with van der Waals surface area (Å²) < 4.78 is 13.4. The number of halogens is 3. The molecule has 1 aromatic heterocycles. The maximum atomic E-state index is 13.4. The number of rotatable bonds is 4. The predicted octanol–water partition coefficient (Wildman–Crippen LogP) is 4.16. The standard InChI is InChI=1S/C18H20ClFN4.ClH/c19-15-2-1-13(20)9-14(15)16-3-4-17(24-23-16)22-11-12-10-18(12)5-7-21-8-6-18;/h1-4,9,12,21H,5-8,10-11H2,(H,22,24);1H. The van der Waals surface area contributed by atoms with Crippen molar-refractivity contribution in [1.82, 2.24) is 15.5 Å². The molecule has 2 aliphatic rings. The predicted molar refractivity (Wildman–Crippen MR) is 101 cm³/mol. The third kappa shape index (κ3) is 3.89. The molecule has 2 fully saturated rings. The minimum atomic E-state index is -0.334. The third-order valence-electron chi connectivity index (χ3n) is 5.36. The van der Waals surface area contributed by atoms with Gasteiger partial charge in [-0.2, -0.15) is 0 Å². The van der Waals surface area contributed by atoms with Gasteiger partial charge in [0.1, 0.15) is 11.6 Å². The van der Waals surface area contributed by atoms with E-state index in [4.69, 9.17) is 11.6 Å². The van der Waals surface area contributed by atoms with Gasteiger partial charge in [0.25, 0.3) is 0 Å². The van der Waals surface area contributed by atoms with E-state index in [-0.39, 0.29) is 18.2 Å². The number of aromatic nitrogens is 2. The van der Waals surface area contributed by atoms with E-state index in [1.165, 1.54) is 37.5 Å². The van der Waals surface area contributed by atoms with Crippen molar-refractivity contribution in [1.29, 1.82) is 0 Å². The molecule has 1 saturated carbocycles. The van der Waals surface area contributed by atoms with Crippen LogP contribution in [0.3, 0.4) is 0 Å². The molecule has 0 bridgehead atoms. The summed E-state index contributed by atoms with van der Waals surface area (Å²) in [5, 5.41) is 15.7. The zero-order valence-corrected chi connectivity index (χ0v) is 15.3. The zero-order valence-electron chi connectivity index (χ0n) is 13.8. The summed E-state index contributed by atoms with van der Waals surface area (Å²) in [4.78, 5) is 0. The number of nitrogens with zero attached hydrogens (tertiary/aromatic N) is 2. The topological polar surface area (TPSA) is 49.8 Å². The first-order valence-corrected chi connectivity index (χ1v) is 8.78. The van der Waals surface area contributed by atoms with E-state index in [1.807, 2.05) is 12.1 Å². The van der Waals surface area contributed by atoms with Gasteiger partial charge in [0, 0.05) is 12.1 Å². The number of anilines is 1. The second-order valence-corrected chi connectivity index (χ2v) is 7.23. The van der Waals surface area contributed by atoms with Crippen molar-refractivity contribution in [3.8, 4) is 11.3 Å². The van der Waals surface area contributed by atoms with Gasteiger partial charge in [-0.3, -0.25) is 0 Å². The van der Waals surface area contributed by atoms with Crippen LogP contribution >= 0.6 is 24.0 Å². The second kappa shape index (κ2) is 7.44. The largest absolute Gasteiger partial charge is 0.368 e. The molecular weight excluding hydrogens is 362 g/mol. The lowest BCUT2D eigenvalue weighted by molar-refractivity contribution is 0.326. The molecule has 1 spiro atoms. The van der Waals surface area contributed by atoms with Crippen LogP contribution in [0.2, 0.25) is 5.02 Å². The van der Waals surface area contributed by atoms with Gasteiger partial charge in [-0.25, -0.2) is 4.39 Å². The van der Waals surface area contributed by atoms with Gasteiger partial charge < -0.3 is 10.6 Å². The lowest BCUT2D eigenvalue weighted by Gasteiger charge is -2.23. The molecule has 1 aliphatic carbocycles. The van der Waals surface area contributed by atoms with Gasteiger partial charge in [0.05, 0.1) is 10.7 Å². The van der Waals surface area contributed by atoms with Crippen LogP contribution in [0.1, 0.15) is 19.3 Å². The van der Waals surface area contributed by atoms with Crippen LogP contribution in [0.5, 0.6) is 0 Å². The SMILES string of the molecule is Cl.Fc1ccc(Cl)c(-c2ccc(NCC3CC34CCNCC4)nn2)c1. The van der Waals surface area contributed by atoms with Gasteiger partial charge in [-0.15, -0.1) is 22.6 Å². The van der Waals surface area contributed by atoms with Gasteiger partial charge >= 0.3 is 0 Å². The highest BCUT2D eigenvalue weighted by atomic mass is 35.5. The molecule has 1 aromatic carbocycles. The molecule has 1 unspecified atom stereocenters. The van der Waals surface area contributed by atoms with Crippen LogP contribution < -0.4 is 10.6 Å². The van der Waals surface area contributed by atoms with E-state index in [2.05, 4.69) is 20.8 Å². The Morgan fingerprint density at radius 1 is 1.20 bits per heavy atom. The van der Waals surface area contributed by atoms with Crippen LogP contribution in [0.4, 0.5) is 10.2 Å². The minimum Gasteiger partial charge on any atom is -0.368 e. The normalized spacial score (nSPS) is 20.8. The number of benzene rings is 1. The molecule has 2 aromatic rings. The van der Waals surface area contributed by atoms with E-state index < -0.39 is 0 Å². The Labute approximate surface area is 158 Å². The Morgan fingerprint density at radius 3 is 2.72 bits per heavy atom. The third-order valence-corrected chi connectivity index (χ3v) is 5.69. The van der Waals surface area contributed by atoms with Crippen LogP contribution in [0.15, 0.2) is 30.3 Å². The Hall–Kier alpha value is -1.43. The van der Waals surface area contributed by atoms with E-state index in [0.717, 1.165) is 31.4 Å². The molecule has 0 amide bonds. The molecule has 4 nitrogen and oxygen atoms in total. The van der Waals surface area contributed by atoms with E-state index >= 15 is 0 Å². The molecule has 2 heterocycles. The lowest BCUT2D eigenvalue weighted by Crippen LogP contribution is -2.30. The summed E-state index contributed by atoms with van der Waals surface area (Å²) in [6.45, 7) is 3.22. The summed E-state index contributed by atoms with van der Waals surface area (Å²) in [5.41, 5.74) is 1.69. The Morgan fingerprint density at radius 2 is 2.00 bits per heavy atom. The molecule has 25 heavy (non-hydrogen) atoms. The average molecular weight is 383 g/mol. The van der Waals surface area contributed by atoms with E-state index in [1.54, 1.807) is 0 Å². The Balaban J connectivity index is 0.00000182. The fourth-order valence-corrected chi connectivity index (χ4v) is 3.96. The van der Waals surface area contributed by atoms with Gasteiger partial charge in [-0.1, -0.05) is 11.6 Å². The monoisotopic (exact) mass is 382 g/mol. The number of piperidine rings is 1. The highest BCUT2D eigenvalue weighted by Gasteiger charge is 2.53. The summed E-state index contributed by atoms with van der Waals surface area (Å²) in [5.74, 6) is 1.15. The van der Waals surface area contributed by atoms with E-state index in [0.29, 0.717) is 21.7 Å². The van der Waals surface area contributed by atoms with Crippen LogP contribution in [0.25, 0.3) is 11.3 Å². The summed E-state index contributed by atoms with van der Waals surface area (Å²) >= 11 is 6.11. The molecule has 2 N–H and O–H groups in total. The first-order chi connectivity index (χ1) is 11.7. The van der Waals surface area contributed by atoms with Crippen LogP contribution in [-0.2, 0) is 0 Å². The molecule has 134 valence electrons. The highest BCUT2D eigenvalue weighted by molar-refractivity contribution is 6.33. The van der Waals surface area contributed by atoms with Crippen LogP contribution in [-0.4, -0.2) is 29.8 Å². The van der Waals surface area contributed by atoms with Gasteiger partial charge in [-0.05, 0) is 74.0 Å². The fourth-order valence-electron chi connectivity index (χ4n) is 3.75. The molecule has 1 saturated heterocycles. The molecule has 1 atom stereocenters. The van der Waals surface area contributed by atoms with Crippen molar-refractivity contribution in [2.24, 2.45) is 11.3 Å². The summed E-state index contributed by atoms with van der Waals surface area (Å²) in [6.07, 6.45) is 3.87. The molecule has 7 heteroatoms. The van der Waals surface area contributed by atoms with Crippen molar-refractivity contribution in [3.05, 3.63) is 41.2 Å².